The van der Waals surface area contributed by atoms with Crippen LogP contribution in [0.5, 0.6) is 0 Å². The average Bonchev–Trinajstić information content (AvgIpc) is 2.87. The topological polar surface area (TPSA) is 109 Å². The molecule has 0 aliphatic carbocycles. The Bertz CT molecular complexity index is 717. The number of nitrogens with zero attached hydrogens (tertiary/aromatic N) is 1. The Morgan fingerprint density at radius 2 is 2.00 bits per heavy atom. The number of H-pyrrole nitrogens is 1. The molecule has 0 saturated carbocycles. The van der Waals surface area contributed by atoms with Gasteiger partial charge in [-0.05, 0) is 38.8 Å². The number of aromatic nitrogens is 1. The number of hydroxylamine groups is 2. The number of carbonyl (C=O) groups excluding carboxylic acids is 2. The Morgan fingerprint density at radius 1 is 1.35 bits per heavy atom. The Hall–Kier alpha value is -2.38. The van der Waals surface area contributed by atoms with Gasteiger partial charge in [0.25, 0.3) is 5.91 Å². The number of rotatable bonds is 3. The zero-order valence-corrected chi connectivity index (χ0v) is 13.4. The number of hydrogen-bond acceptors (Lipinski definition) is 5. The Balaban J connectivity index is 2.06. The summed E-state index contributed by atoms with van der Waals surface area (Å²) in [5.74, 6) is -0.912. The quantitative estimate of drug-likeness (QED) is 0.593. The van der Waals surface area contributed by atoms with E-state index < -0.39 is 23.6 Å². The highest BCUT2D eigenvalue weighted by atomic mass is 16.6. The molecule has 7 nitrogen and oxygen atoms in total. The van der Waals surface area contributed by atoms with E-state index >= 15 is 0 Å². The number of ether oxygens (including phenoxy) is 1. The number of amides is 2. The molecular weight excluding hydrogens is 298 g/mol. The predicted molar refractivity (Wildman–Crippen MR) is 84.8 cm³/mol. The first-order chi connectivity index (χ1) is 10.7. The van der Waals surface area contributed by atoms with Crippen molar-refractivity contribution in [1.29, 1.82) is 0 Å². The zero-order chi connectivity index (χ0) is 17.2. The van der Waals surface area contributed by atoms with Crippen molar-refractivity contribution < 1.29 is 19.5 Å². The molecular formula is C16H21N3O4. The van der Waals surface area contributed by atoms with Crippen LogP contribution in [0.25, 0.3) is 10.9 Å². The molecule has 23 heavy (non-hydrogen) atoms. The van der Waals surface area contributed by atoms with Crippen molar-refractivity contribution >= 4 is 22.9 Å². The summed E-state index contributed by atoms with van der Waals surface area (Å²) in [4.78, 5) is 26.8. The van der Waals surface area contributed by atoms with Crippen LogP contribution in [-0.4, -0.2) is 38.9 Å². The van der Waals surface area contributed by atoms with Crippen molar-refractivity contribution in [2.75, 3.05) is 0 Å². The fraction of sp³-hybridized carbons (Fsp3) is 0.375. The molecule has 1 heterocycles. The summed E-state index contributed by atoms with van der Waals surface area (Å²) in [5, 5.41) is 10.6. The van der Waals surface area contributed by atoms with Crippen molar-refractivity contribution in [3.8, 4) is 0 Å². The molecule has 2 amide bonds. The van der Waals surface area contributed by atoms with Crippen LogP contribution in [0.3, 0.4) is 0 Å². The minimum atomic E-state index is -1.14. The minimum absolute atomic E-state index is 0.0647. The van der Waals surface area contributed by atoms with Crippen LogP contribution in [0.2, 0.25) is 0 Å². The van der Waals surface area contributed by atoms with Gasteiger partial charge in [-0.25, -0.2) is 4.79 Å². The van der Waals surface area contributed by atoms with Gasteiger partial charge in [-0.2, -0.15) is 0 Å². The summed E-state index contributed by atoms with van der Waals surface area (Å²) in [6.07, 6.45) is 0.798. The standard InChI is InChI=1S/C16H21N3O4/c1-16(2,3)23-15(21)19(22)14(20)12(17)8-10-9-18-13-7-5-4-6-11(10)13/h4-7,9,12,18,22H,8,17H2,1-3H3/t12-/m0/s1. The van der Waals surface area contributed by atoms with E-state index in [1.807, 2.05) is 24.3 Å². The van der Waals surface area contributed by atoms with Crippen molar-refractivity contribution in [3.63, 3.8) is 0 Å². The average molecular weight is 319 g/mol. The summed E-state index contributed by atoms with van der Waals surface area (Å²) in [6.45, 7) is 4.90. The van der Waals surface area contributed by atoms with E-state index in [2.05, 4.69) is 4.98 Å². The third-order valence-electron chi connectivity index (χ3n) is 3.21. The summed E-state index contributed by atoms with van der Waals surface area (Å²) in [5.41, 5.74) is 6.77. The van der Waals surface area contributed by atoms with Crippen molar-refractivity contribution in [2.24, 2.45) is 5.73 Å². The molecule has 4 N–H and O–H groups in total. The number of nitrogens with two attached hydrogens (primary N) is 1. The van der Waals surface area contributed by atoms with Crippen LogP contribution in [0.4, 0.5) is 4.79 Å². The highest BCUT2D eigenvalue weighted by Crippen LogP contribution is 2.19. The number of carbonyl (C=O) groups is 2. The number of nitrogens with one attached hydrogen (secondary N) is 1. The maximum atomic E-state index is 12.1. The lowest BCUT2D eigenvalue weighted by molar-refractivity contribution is -0.161. The maximum Gasteiger partial charge on any atom is 0.441 e. The third-order valence-corrected chi connectivity index (χ3v) is 3.21. The molecule has 7 heteroatoms. The van der Waals surface area contributed by atoms with Crippen LogP contribution in [-0.2, 0) is 16.0 Å². The Morgan fingerprint density at radius 3 is 2.65 bits per heavy atom. The number of hydrogen-bond donors (Lipinski definition) is 3. The second-order valence-electron chi connectivity index (χ2n) is 6.30. The maximum absolute atomic E-state index is 12.1. The number of fused-ring (bicyclic) bond motifs is 1. The second kappa shape index (κ2) is 6.39. The fourth-order valence-corrected chi connectivity index (χ4v) is 2.18. The lowest BCUT2D eigenvalue weighted by atomic mass is 10.1. The monoisotopic (exact) mass is 319 g/mol. The van der Waals surface area contributed by atoms with Gasteiger partial charge in [-0.15, -0.1) is 5.06 Å². The third kappa shape index (κ3) is 4.08. The molecule has 0 fully saturated rings. The van der Waals surface area contributed by atoms with Gasteiger partial charge in [0.1, 0.15) is 5.60 Å². The highest BCUT2D eigenvalue weighted by Gasteiger charge is 2.30. The molecule has 0 saturated heterocycles. The molecule has 0 aliphatic heterocycles. The first-order valence-electron chi connectivity index (χ1n) is 7.25. The first kappa shape index (κ1) is 17.0. The van der Waals surface area contributed by atoms with E-state index in [4.69, 9.17) is 10.5 Å². The van der Waals surface area contributed by atoms with Gasteiger partial charge >= 0.3 is 6.09 Å². The lowest BCUT2D eigenvalue weighted by Crippen LogP contribution is -2.47. The van der Waals surface area contributed by atoms with Crippen LogP contribution in [0.15, 0.2) is 30.5 Å². The van der Waals surface area contributed by atoms with Crippen molar-refractivity contribution in [2.45, 2.75) is 38.8 Å². The summed E-state index contributed by atoms with van der Waals surface area (Å²) < 4.78 is 4.93. The summed E-state index contributed by atoms with van der Waals surface area (Å²) >= 11 is 0. The van der Waals surface area contributed by atoms with E-state index in [1.165, 1.54) is 0 Å². The molecule has 0 radical (unpaired) electrons. The van der Waals surface area contributed by atoms with E-state index in [0.29, 0.717) is 0 Å². The first-order valence-corrected chi connectivity index (χ1v) is 7.25. The van der Waals surface area contributed by atoms with E-state index in [1.54, 1.807) is 27.0 Å². The van der Waals surface area contributed by atoms with Crippen LogP contribution >= 0.6 is 0 Å². The smallest absolute Gasteiger partial charge is 0.441 e. The van der Waals surface area contributed by atoms with Gasteiger partial charge in [0.15, 0.2) is 0 Å². The number of para-hydroxylation sites is 1. The summed E-state index contributed by atoms with van der Waals surface area (Å²) in [6, 6.07) is 6.53. The van der Waals surface area contributed by atoms with E-state index in [9.17, 15) is 14.8 Å². The lowest BCUT2D eigenvalue weighted by Gasteiger charge is -2.23. The Kier molecular flexibility index (Phi) is 4.72. The molecule has 2 aromatic rings. The fourth-order valence-electron chi connectivity index (χ4n) is 2.18. The second-order valence-corrected chi connectivity index (χ2v) is 6.30. The van der Waals surface area contributed by atoms with Crippen LogP contribution in [0.1, 0.15) is 26.3 Å². The summed E-state index contributed by atoms with van der Waals surface area (Å²) in [7, 11) is 0. The number of benzene rings is 1. The van der Waals surface area contributed by atoms with Crippen molar-refractivity contribution in [1.82, 2.24) is 10.0 Å². The van der Waals surface area contributed by atoms with Gasteiger partial charge in [0.05, 0.1) is 6.04 Å². The molecule has 1 aromatic carbocycles. The number of aromatic amines is 1. The van der Waals surface area contributed by atoms with Crippen molar-refractivity contribution in [3.05, 3.63) is 36.0 Å². The van der Waals surface area contributed by atoms with Gasteiger partial charge in [-0.3, -0.25) is 10.0 Å². The normalized spacial score (nSPS) is 12.9. The minimum Gasteiger partial charge on any atom is -0.442 e. The molecule has 0 bridgehead atoms. The van der Waals surface area contributed by atoms with Crippen LogP contribution in [0, 0.1) is 0 Å². The van der Waals surface area contributed by atoms with Crippen LogP contribution < -0.4 is 5.73 Å². The molecule has 124 valence electrons. The molecule has 2 rings (SSSR count). The SMILES string of the molecule is CC(C)(C)OC(=O)N(O)C(=O)[C@@H](N)Cc1c[nH]c2ccccc12. The molecule has 0 unspecified atom stereocenters. The number of imide groups is 1. The largest absolute Gasteiger partial charge is 0.442 e. The van der Waals surface area contributed by atoms with Gasteiger partial charge in [-0.1, -0.05) is 18.2 Å². The molecule has 1 aromatic heterocycles. The predicted octanol–water partition coefficient (Wildman–Crippen LogP) is 2.19. The van der Waals surface area contributed by atoms with Gasteiger partial charge in [0.2, 0.25) is 0 Å². The zero-order valence-electron chi connectivity index (χ0n) is 13.4. The van der Waals surface area contributed by atoms with Gasteiger partial charge < -0.3 is 15.5 Å². The van der Waals surface area contributed by atoms with Gasteiger partial charge in [0, 0.05) is 17.1 Å². The highest BCUT2D eigenvalue weighted by molar-refractivity contribution is 5.94. The molecule has 0 spiro atoms. The Labute approximate surface area is 134 Å². The molecule has 1 atom stereocenters. The van der Waals surface area contributed by atoms with E-state index in [0.717, 1.165) is 16.5 Å². The molecule has 0 aliphatic rings. The van der Waals surface area contributed by atoms with E-state index in [-0.39, 0.29) is 11.5 Å².